The summed E-state index contributed by atoms with van der Waals surface area (Å²) >= 11 is 0. The van der Waals surface area contributed by atoms with E-state index in [1.165, 1.54) is 11.9 Å². The minimum absolute atomic E-state index is 0.0434. The van der Waals surface area contributed by atoms with Crippen molar-refractivity contribution >= 4 is 17.5 Å². The van der Waals surface area contributed by atoms with Gasteiger partial charge in [-0.15, -0.1) is 0 Å². The molecule has 3 aromatic rings. The maximum absolute atomic E-state index is 13.4. The fraction of sp³-hybridized carbons (Fsp3) is 0.514. The predicted octanol–water partition coefficient (Wildman–Crippen LogP) is 4.15. The molecule has 250 valence electrons. The lowest BCUT2D eigenvalue weighted by Crippen LogP contribution is -2.58. The average Bonchev–Trinajstić information content (AvgIpc) is 3.11. The number of benzene rings is 2. The van der Waals surface area contributed by atoms with Gasteiger partial charge in [-0.2, -0.15) is 0 Å². The van der Waals surface area contributed by atoms with Crippen LogP contribution in [-0.2, 0) is 16.1 Å². The van der Waals surface area contributed by atoms with Crippen molar-refractivity contribution < 1.29 is 19.4 Å². The molecule has 47 heavy (non-hydrogen) atoms. The lowest BCUT2D eigenvalue weighted by Gasteiger charge is -2.50. The number of piperidine rings is 2. The molecule has 0 radical (unpaired) electrons. The van der Waals surface area contributed by atoms with Crippen LogP contribution in [0.15, 0.2) is 60.9 Å². The van der Waals surface area contributed by atoms with Gasteiger partial charge in [0.15, 0.2) is 6.10 Å². The van der Waals surface area contributed by atoms with Crippen molar-refractivity contribution in [1.82, 2.24) is 24.7 Å². The number of aromatic nitrogens is 2. The highest BCUT2D eigenvalue weighted by molar-refractivity contribution is 5.96. The number of ether oxygens (including phenoxy) is 1. The molecule has 4 heterocycles. The largest absolute Gasteiger partial charge is 0.378 e. The van der Waals surface area contributed by atoms with Gasteiger partial charge in [-0.05, 0) is 69.7 Å². The summed E-state index contributed by atoms with van der Waals surface area (Å²) in [4.78, 5) is 43.6. The lowest BCUT2D eigenvalue weighted by atomic mass is 9.85. The van der Waals surface area contributed by atoms with Crippen LogP contribution in [0.25, 0.3) is 0 Å². The molecule has 10 heteroatoms. The Morgan fingerprint density at radius 3 is 2.13 bits per heavy atom. The predicted molar refractivity (Wildman–Crippen MR) is 181 cm³/mol. The first-order chi connectivity index (χ1) is 22.7. The maximum atomic E-state index is 13.4. The molecule has 2 amide bonds. The van der Waals surface area contributed by atoms with E-state index in [1.807, 2.05) is 36.9 Å². The van der Waals surface area contributed by atoms with Crippen molar-refractivity contribution in [2.45, 2.75) is 70.7 Å². The summed E-state index contributed by atoms with van der Waals surface area (Å²) in [5, 5.41) is 10.9. The molecule has 1 unspecified atom stereocenters. The van der Waals surface area contributed by atoms with Crippen molar-refractivity contribution in [3.05, 3.63) is 89.0 Å². The zero-order valence-electron chi connectivity index (χ0n) is 28.0. The van der Waals surface area contributed by atoms with Gasteiger partial charge in [0.1, 0.15) is 6.33 Å². The highest BCUT2D eigenvalue weighted by Crippen LogP contribution is 2.35. The van der Waals surface area contributed by atoms with E-state index < -0.39 is 6.10 Å². The minimum Gasteiger partial charge on any atom is -0.378 e. The number of hydrogen-bond acceptors (Lipinski definition) is 8. The van der Waals surface area contributed by atoms with Gasteiger partial charge < -0.3 is 24.5 Å². The van der Waals surface area contributed by atoms with E-state index in [-0.39, 0.29) is 17.4 Å². The summed E-state index contributed by atoms with van der Waals surface area (Å²) < 4.78 is 5.36. The third kappa shape index (κ3) is 7.35. The fourth-order valence-corrected chi connectivity index (χ4v) is 7.44. The number of aliphatic hydroxyl groups excluding tert-OH is 1. The van der Waals surface area contributed by atoms with Crippen molar-refractivity contribution in [3.8, 4) is 0 Å². The second-order valence-electron chi connectivity index (χ2n) is 13.5. The van der Waals surface area contributed by atoms with Crippen LogP contribution in [0.3, 0.4) is 0 Å². The Morgan fingerprint density at radius 1 is 0.894 bits per heavy atom. The van der Waals surface area contributed by atoms with E-state index in [1.54, 1.807) is 4.90 Å². The molecule has 1 atom stereocenters. The normalized spacial score (nSPS) is 19.7. The summed E-state index contributed by atoms with van der Waals surface area (Å²) in [6.07, 6.45) is 4.29. The molecule has 3 aliphatic heterocycles. The Morgan fingerprint density at radius 2 is 1.51 bits per heavy atom. The van der Waals surface area contributed by atoms with Gasteiger partial charge in [-0.3, -0.25) is 14.5 Å². The van der Waals surface area contributed by atoms with Gasteiger partial charge in [0, 0.05) is 63.1 Å². The third-order valence-corrected chi connectivity index (χ3v) is 10.5. The summed E-state index contributed by atoms with van der Waals surface area (Å²) in [6.45, 7) is 12.4. The highest BCUT2D eigenvalue weighted by atomic mass is 16.5. The molecule has 3 saturated heterocycles. The van der Waals surface area contributed by atoms with Crippen LogP contribution in [-0.4, -0.2) is 106 Å². The molecule has 3 fully saturated rings. The topological polar surface area (TPSA) is 102 Å². The van der Waals surface area contributed by atoms with E-state index in [4.69, 9.17) is 4.74 Å². The number of aliphatic hydroxyl groups is 1. The second-order valence-corrected chi connectivity index (χ2v) is 13.5. The van der Waals surface area contributed by atoms with Crippen molar-refractivity contribution in [1.29, 1.82) is 0 Å². The standard InChI is InChI=1S/C37H48N6O4/c1-27-33(28(2)39-26-38-27)35(45)40-19-15-37(3,16-20-40)42-17-13-32(14-18-42)43(25-29-7-5-4-6-8-29)31-11-9-30(10-12-31)34(44)36(46)41-21-23-47-24-22-41/h4-12,26,32,34,44H,13-25H2,1-3H3. The van der Waals surface area contributed by atoms with Crippen LogP contribution < -0.4 is 4.90 Å². The SMILES string of the molecule is Cc1ncnc(C)c1C(=O)N1CCC(C)(N2CCC(N(Cc3ccccc3)c3ccc(C(O)C(=O)N4CCOCC4)cc3)CC2)CC1. The number of morpholine rings is 1. The number of amides is 2. The summed E-state index contributed by atoms with van der Waals surface area (Å²) in [7, 11) is 0. The maximum Gasteiger partial charge on any atom is 0.257 e. The van der Waals surface area contributed by atoms with Gasteiger partial charge in [-0.1, -0.05) is 42.5 Å². The molecule has 3 aliphatic rings. The highest BCUT2D eigenvalue weighted by Gasteiger charge is 2.40. The Kier molecular flexibility index (Phi) is 10.2. The number of anilines is 1. The number of carbonyl (C=O) groups excluding carboxylic acids is 2. The second kappa shape index (κ2) is 14.5. The van der Waals surface area contributed by atoms with Crippen molar-refractivity contribution in [2.75, 3.05) is 57.4 Å². The number of aryl methyl sites for hydroxylation is 2. The quantitative estimate of drug-likeness (QED) is 0.392. The number of likely N-dealkylation sites (tertiary alicyclic amines) is 2. The van der Waals surface area contributed by atoms with Crippen LogP contribution >= 0.6 is 0 Å². The molecular formula is C37H48N6O4. The monoisotopic (exact) mass is 640 g/mol. The first kappa shape index (κ1) is 33.1. The van der Waals surface area contributed by atoms with Crippen molar-refractivity contribution in [2.24, 2.45) is 0 Å². The summed E-state index contributed by atoms with van der Waals surface area (Å²) in [5.41, 5.74) is 5.13. The lowest BCUT2D eigenvalue weighted by molar-refractivity contribution is -0.144. The molecule has 1 aromatic heterocycles. The first-order valence-electron chi connectivity index (χ1n) is 17.0. The summed E-state index contributed by atoms with van der Waals surface area (Å²) in [6, 6.07) is 18.8. The Balaban J connectivity index is 1.10. The molecule has 0 aliphatic carbocycles. The molecule has 10 nitrogen and oxygen atoms in total. The van der Waals surface area contributed by atoms with Gasteiger partial charge in [0.25, 0.3) is 11.8 Å². The molecule has 0 saturated carbocycles. The minimum atomic E-state index is -1.18. The van der Waals surface area contributed by atoms with Crippen molar-refractivity contribution in [3.63, 3.8) is 0 Å². The van der Waals surface area contributed by atoms with Crippen LogP contribution in [0.2, 0.25) is 0 Å². The van der Waals surface area contributed by atoms with E-state index in [0.29, 0.717) is 43.5 Å². The van der Waals surface area contributed by atoms with Gasteiger partial charge in [-0.25, -0.2) is 9.97 Å². The smallest absolute Gasteiger partial charge is 0.257 e. The Labute approximate surface area is 278 Å². The Hall–Kier alpha value is -3.86. The van der Waals surface area contributed by atoms with Gasteiger partial charge >= 0.3 is 0 Å². The number of rotatable bonds is 8. The molecule has 6 rings (SSSR count). The molecular weight excluding hydrogens is 592 g/mol. The van der Waals surface area contributed by atoms with E-state index >= 15 is 0 Å². The third-order valence-electron chi connectivity index (χ3n) is 10.5. The fourth-order valence-electron chi connectivity index (χ4n) is 7.44. The average molecular weight is 641 g/mol. The van der Waals surface area contributed by atoms with Crippen LogP contribution in [0, 0.1) is 13.8 Å². The van der Waals surface area contributed by atoms with E-state index in [2.05, 4.69) is 63.1 Å². The summed E-state index contributed by atoms with van der Waals surface area (Å²) in [5.74, 6) is -0.223. The van der Waals surface area contributed by atoms with Gasteiger partial charge in [0.2, 0.25) is 0 Å². The molecule has 1 N–H and O–H groups in total. The van der Waals surface area contributed by atoms with Crippen LogP contribution in [0.4, 0.5) is 5.69 Å². The first-order valence-corrected chi connectivity index (χ1v) is 17.0. The van der Waals surface area contributed by atoms with E-state index in [9.17, 15) is 14.7 Å². The number of carbonyl (C=O) groups is 2. The number of nitrogens with zero attached hydrogens (tertiary/aromatic N) is 6. The zero-order chi connectivity index (χ0) is 33.0. The number of hydrogen-bond donors (Lipinski definition) is 1. The van der Waals surface area contributed by atoms with E-state index in [0.717, 1.165) is 75.5 Å². The Bertz CT molecular complexity index is 1490. The van der Waals surface area contributed by atoms with Gasteiger partial charge in [0.05, 0.1) is 30.2 Å². The molecule has 0 bridgehead atoms. The zero-order valence-corrected chi connectivity index (χ0v) is 28.0. The molecule has 2 aromatic carbocycles. The molecule has 0 spiro atoms. The van der Waals surface area contributed by atoms with Crippen LogP contribution in [0.5, 0.6) is 0 Å². The van der Waals surface area contributed by atoms with Crippen LogP contribution in [0.1, 0.15) is 71.6 Å².